The normalized spacial score (nSPS) is 12.8. The molecule has 0 bridgehead atoms. The van der Waals surface area contributed by atoms with E-state index in [-0.39, 0.29) is 50.0 Å². The lowest BCUT2D eigenvalue weighted by atomic mass is 10.00. The van der Waals surface area contributed by atoms with Gasteiger partial charge >= 0.3 is 30.1 Å². The molecule has 4 N–H and O–H groups in total. The molecule has 0 spiro atoms. The molecule has 3 heterocycles. The van der Waals surface area contributed by atoms with E-state index in [2.05, 4.69) is 15.0 Å². The van der Waals surface area contributed by atoms with E-state index in [1.165, 1.54) is 36.0 Å². The van der Waals surface area contributed by atoms with Crippen molar-refractivity contribution in [1.82, 2.24) is 29.1 Å². The molecule has 2 aromatic heterocycles. The number of hydrogen-bond donors (Lipinski definition) is 4. The first-order valence-corrected chi connectivity index (χ1v) is 22.8. The number of aliphatic carboxylic acids is 4. The minimum Gasteiger partial charge on any atom is -0.481 e. The average molecular weight is 999 g/mol. The third-order valence-electron chi connectivity index (χ3n) is 10.7. The fourth-order valence-corrected chi connectivity index (χ4v) is 7.91. The van der Waals surface area contributed by atoms with Crippen LogP contribution in [0.25, 0.3) is 11.1 Å². The minimum absolute atomic E-state index is 0.0524. The fraction of sp³-hybridized carbons (Fsp3) is 0.375. The Labute approximate surface area is 404 Å². The first-order chi connectivity index (χ1) is 33.2. The van der Waals surface area contributed by atoms with Crippen molar-refractivity contribution in [1.29, 1.82) is 0 Å². The zero-order valence-electron chi connectivity index (χ0n) is 38.4. The van der Waals surface area contributed by atoms with Gasteiger partial charge in [0.15, 0.2) is 5.16 Å². The number of aryl methyl sites for hydroxylation is 1. The highest BCUT2D eigenvalue weighted by Gasteiger charge is 2.31. The highest BCUT2D eigenvalue weighted by Crippen LogP contribution is 2.31. The Morgan fingerprint density at radius 2 is 1.30 bits per heavy atom. The number of hydrogen-bond acceptors (Lipinski definition) is 11. The van der Waals surface area contributed by atoms with Crippen LogP contribution in [0.1, 0.15) is 66.3 Å². The molecule has 5 aromatic rings. The topological polar surface area (TPSA) is 235 Å². The van der Waals surface area contributed by atoms with E-state index in [4.69, 9.17) is 25.2 Å². The van der Waals surface area contributed by atoms with E-state index in [1.807, 2.05) is 35.4 Å². The molecule has 1 fully saturated rings. The molecule has 0 aliphatic carbocycles. The van der Waals surface area contributed by atoms with Gasteiger partial charge in [-0.05, 0) is 64.9 Å². The quantitative estimate of drug-likeness (QED) is 0.0361. The molecule has 0 radical (unpaired) electrons. The number of methoxy groups -OCH3 is 1. The highest BCUT2D eigenvalue weighted by atomic mass is 32.2. The van der Waals surface area contributed by atoms with Crippen LogP contribution in [0.3, 0.4) is 0 Å². The van der Waals surface area contributed by atoms with Crippen LogP contribution >= 0.6 is 11.8 Å². The zero-order valence-corrected chi connectivity index (χ0v) is 39.2. The maximum absolute atomic E-state index is 14.5. The molecule has 1 amide bonds. The number of halogens is 4. The molecular weight excluding hydrogens is 945 g/mol. The molecule has 376 valence electrons. The van der Waals surface area contributed by atoms with E-state index in [1.54, 1.807) is 47.9 Å². The molecule has 0 unspecified atom stereocenters. The number of alkyl halides is 3. The van der Waals surface area contributed by atoms with Crippen molar-refractivity contribution < 1.29 is 66.7 Å². The van der Waals surface area contributed by atoms with Crippen molar-refractivity contribution >= 4 is 41.5 Å². The van der Waals surface area contributed by atoms with Crippen molar-refractivity contribution in [3.8, 4) is 11.1 Å². The Balaban J connectivity index is 0.000000571. The lowest BCUT2D eigenvalue weighted by Crippen LogP contribution is -2.48. The SMILES string of the molecule is COCCN1CCC(N(Cc2ccc(-c3ccc(C(F)(F)F)cc3)cc2)C(=O)Cn2cc(Cc3cnn(C)c3)c(=O)nc2SCc2ccc(F)cc2)CC1.O=C(O)CCC(=O)O.O=C(O)CCC(=O)O. The van der Waals surface area contributed by atoms with Crippen LogP contribution < -0.4 is 5.56 Å². The fourth-order valence-electron chi connectivity index (χ4n) is 6.99. The number of nitrogens with zero attached hydrogens (tertiary/aromatic N) is 6. The number of piperidine rings is 1. The lowest BCUT2D eigenvalue weighted by Gasteiger charge is -2.39. The van der Waals surface area contributed by atoms with Crippen molar-refractivity contribution in [3.63, 3.8) is 0 Å². The summed E-state index contributed by atoms with van der Waals surface area (Å²) in [6, 6.07) is 18.6. The highest BCUT2D eigenvalue weighted by molar-refractivity contribution is 7.98. The number of aromatic nitrogens is 4. The van der Waals surface area contributed by atoms with E-state index >= 15 is 0 Å². The van der Waals surface area contributed by atoms with E-state index < -0.39 is 41.2 Å². The van der Waals surface area contributed by atoms with Gasteiger partial charge in [-0.2, -0.15) is 23.3 Å². The summed E-state index contributed by atoms with van der Waals surface area (Å²) in [7, 11) is 3.48. The summed E-state index contributed by atoms with van der Waals surface area (Å²) in [6.45, 7) is 3.30. The number of likely N-dealkylation sites (tertiary alicyclic amines) is 1. The standard InChI is InChI=1S/C40H42F4N6O3S.2C4H6O4/c1-47-23-30(22-45-47)21-33-25-49(39(46-38(33)52)54-27-29-5-13-35(41)14-6-29)26-37(51)50(36-15-17-48(18-16-36)19-20-53-2)24-28-3-7-31(8-4-28)32-9-11-34(12-10-32)40(42,43)44;2*5-3(6)1-2-4(7)8/h3-14,22-23,25,36H,15-21,24,26-27H2,1-2H3;2*1-2H2,(H,5,6)(H,7,8). The van der Waals surface area contributed by atoms with Crippen LogP contribution in [0.4, 0.5) is 17.6 Å². The molecule has 0 atom stereocenters. The number of amides is 1. The third kappa shape index (κ3) is 19.2. The number of carboxylic acid groups (broad SMARTS) is 4. The Bertz CT molecular complexity index is 2510. The maximum atomic E-state index is 14.5. The van der Waals surface area contributed by atoms with Crippen LogP contribution in [-0.4, -0.2) is 119 Å². The van der Waals surface area contributed by atoms with Gasteiger partial charge < -0.3 is 39.5 Å². The van der Waals surface area contributed by atoms with Gasteiger partial charge in [-0.1, -0.05) is 60.3 Å². The average Bonchev–Trinajstić information content (AvgIpc) is 3.74. The number of benzene rings is 3. The van der Waals surface area contributed by atoms with Crippen LogP contribution in [0, 0.1) is 5.82 Å². The van der Waals surface area contributed by atoms with Gasteiger partial charge in [0.05, 0.1) is 44.1 Å². The second-order valence-corrected chi connectivity index (χ2v) is 17.0. The van der Waals surface area contributed by atoms with Gasteiger partial charge in [0.25, 0.3) is 5.56 Å². The molecular formula is C48H54F4N6O11S. The molecule has 22 heteroatoms. The molecule has 70 heavy (non-hydrogen) atoms. The van der Waals surface area contributed by atoms with Gasteiger partial charge in [-0.25, -0.2) is 4.39 Å². The predicted octanol–water partition coefficient (Wildman–Crippen LogP) is 6.70. The van der Waals surface area contributed by atoms with E-state index in [9.17, 15) is 46.3 Å². The summed E-state index contributed by atoms with van der Waals surface area (Å²) in [5, 5.41) is 36.2. The van der Waals surface area contributed by atoms with E-state index in [0.29, 0.717) is 41.6 Å². The largest absolute Gasteiger partial charge is 0.481 e. The number of carboxylic acids is 4. The van der Waals surface area contributed by atoms with Crippen molar-refractivity contribution in [2.45, 2.75) is 81.2 Å². The number of carbonyl (C=O) groups is 5. The number of ether oxygens (including phenoxy) is 1. The smallest absolute Gasteiger partial charge is 0.416 e. The Morgan fingerprint density at radius 3 is 1.79 bits per heavy atom. The minimum atomic E-state index is -4.41. The van der Waals surface area contributed by atoms with Gasteiger partial charge in [0.1, 0.15) is 12.4 Å². The van der Waals surface area contributed by atoms with Crippen molar-refractivity contribution in [3.05, 3.63) is 135 Å². The zero-order chi connectivity index (χ0) is 51.4. The van der Waals surface area contributed by atoms with Gasteiger partial charge in [-0.3, -0.25) is 33.4 Å². The van der Waals surface area contributed by atoms with Crippen molar-refractivity contribution in [2.75, 3.05) is 33.4 Å². The predicted molar refractivity (Wildman–Crippen MR) is 248 cm³/mol. The summed E-state index contributed by atoms with van der Waals surface area (Å²) in [4.78, 5) is 75.0. The molecule has 1 aliphatic heterocycles. The third-order valence-corrected chi connectivity index (χ3v) is 11.7. The Kier molecular flexibility index (Phi) is 21.7. The number of carbonyl (C=O) groups excluding carboxylic acids is 1. The molecule has 3 aromatic carbocycles. The number of rotatable bonds is 20. The van der Waals surface area contributed by atoms with Crippen LogP contribution in [0.15, 0.2) is 101 Å². The first kappa shape index (κ1) is 55.7. The van der Waals surface area contributed by atoms with Crippen LogP contribution in [0.2, 0.25) is 0 Å². The molecule has 1 saturated heterocycles. The first-order valence-electron chi connectivity index (χ1n) is 21.8. The van der Waals surface area contributed by atoms with E-state index in [0.717, 1.165) is 66.9 Å². The second-order valence-electron chi connectivity index (χ2n) is 16.0. The number of thioether (sulfide) groups is 1. The Hall–Kier alpha value is -6.91. The monoisotopic (exact) mass is 998 g/mol. The molecule has 1 aliphatic rings. The summed E-state index contributed by atoms with van der Waals surface area (Å²) >= 11 is 1.30. The summed E-state index contributed by atoms with van der Waals surface area (Å²) in [5.41, 5.74) is 3.31. The van der Waals surface area contributed by atoms with Gasteiger partial charge in [-0.15, -0.1) is 0 Å². The second kappa shape index (κ2) is 27.3. The summed E-state index contributed by atoms with van der Waals surface area (Å²) < 4.78 is 61.6. The van der Waals surface area contributed by atoms with Crippen LogP contribution in [-0.2, 0) is 67.2 Å². The van der Waals surface area contributed by atoms with Gasteiger partial charge in [0.2, 0.25) is 5.91 Å². The molecule has 6 rings (SSSR count). The maximum Gasteiger partial charge on any atom is 0.416 e. The summed E-state index contributed by atoms with van der Waals surface area (Å²) in [5.74, 6) is -4.38. The molecule has 0 saturated carbocycles. The van der Waals surface area contributed by atoms with Gasteiger partial charge in [0, 0.05) is 76.5 Å². The molecule has 17 nitrogen and oxygen atoms in total. The summed E-state index contributed by atoms with van der Waals surface area (Å²) in [6.07, 6.45) is 1.45. The lowest BCUT2D eigenvalue weighted by molar-refractivity contribution is -0.143. The van der Waals surface area contributed by atoms with Crippen LogP contribution in [0.5, 0.6) is 0 Å². The van der Waals surface area contributed by atoms with Crippen molar-refractivity contribution in [2.24, 2.45) is 7.05 Å². The Morgan fingerprint density at radius 1 is 0.771 bits per heavy atom.